The van der Waals surface area contributed by atoms with Crippen molar-refractivity contribution in [3.63, 3.8) is 0 Å². The highest BCUT2D eigenvalue weighted by atomic mass is 16.3. The van der Waals surface area contributed by atoms with Crippen molar-refractivity contribution >= 4 is 0 Å². The largest absolute Gasteiger partial charge is 0.389 e. The molecule has 0 amide bonds. The van der Waals surface area contributed by atoms with Gasteiger partial charge in [-0.3, -0.25) is 0 Å². The summed E-state index contributed by atoms with van der Waals surface area (Å²) < 4.78 is 0. The summed E-state index contributed by atoms with van der Waals surface area (Å²) in [6.07, 6.45) is 9.61. The van der Waals surface area contributed by atoms with Crippen LogP contribution < -0.4 is 0 Å². The van der Waals surface area contributed by atoms with E-state index in [0.717, 1.165) is 48.5 Å². The van der Waals surface area contributed by atoms with Crippen molar-refractivity contribution in [2.75, 3.05) is 0 Å². The summed E-state index contributed by atoms with van der Waals surface area (Å²) in [7, 11) is 0. The van der Waals surface area contributed by atoms with Crippen LogP contribution in [0, 0.1) is 46.3 Å². The van der Waals surface area contributed by atoms with Gasteiger partial charge in [0.05, 0.1) is 12.2 Å². The highest BCUT2D eigenvalue weighted by Crippen LogP contribution is 2.66. The van der Waals surface area contributed by atoms with Gasteiger partial charge in [-0.2, -0.15) is 0 Å². The van der Waals surface area contributed by atoms with Crippen molar-refractivity contribution in [2.45, 2.75) is 112 Å². The topological polar surface area (TPSA) is 40.5 Å². The van der Waals surface area contributed by atoms with E-state index in [1.807, 2.05) is 0 Å². The van der Waals surface area contributed by atoms with Crippen LogP contribution in [-0.2, 0) is 0 Å². The zero-order chi connectivity index (χ0) is 22.7. The zero-order valence-corrected chi connectivity index (χ0v) is 21.1. The van der Waals surface area contributed by atoms with E-state index in [9.17, 15) is 10.2 Å². The Morgan fingerprint density at radius 3 is 2.32 bits per heavy atom. The third-order valence-electron chi connectivity index (χ3n) is 11.0. The average molecular weight is 429 g/mol. The molecule has 2 heteroatoms. The number of rotatable bonds is 5. The standard InChI is InChI=1S/C29H48O2/c1-17(2)18(3)8-9-19(4)21-10-11-22-27-23(12-14-28(21,22)6)29(7)15-13-25(30)20(5)24(29)16-26(27)31/h17-19,21,23-26,30-31H,5,8-16H2,1-4,6-7H3/t18-,19-,21-,23+,24+,25+,26+,28-,29-/m1/s1. The average Bonchev–Trinajstić information content (AvgIpc) is 3.07. The molecule has 0 heterocycles. The Kier molecular flexibility index (Phi) is 6.32. The van der Waals surface area contributed by atoms with Crippen LogP contribution in [0.3, 0.4) is 0 Å². The van der Waals surface area contributed by atoms with E-state index in [1.165, 1.54) is 44.1 Å². The molecule has 9 atom stereocenters. The summed E-state index contributed by atoms with van der Waals surface area (Å²) in [6, 6.07) is 0. The quantitative estimate of drug-likeness (QED) is 0.467. The van der Waals surface area contributed by atoms with Crippen LogP contribution in [-0.4, -0.2) is 22.4 Å². The molecule has 176 valence electrons. The summed E-state index contributed by atoms with van der Waals surface area (Å²) in [5, 5.41) is 21.8. The second-order valence-electron chi connectivity index (χ2n) is 12.8. The number of fused-ring (bicyclic) bond motifs is 4. The van der Waals surface area contributed by atoms with Crippen LogP contribution in [0.25, 0.3) is 0 Å². The van der Waals surface area contributed by atoms with Gasteiger partial charge in [0.25, 0.3) is 0 Å². The Bertz CT molecular complexity index is 735. The maximum absolute atomic E-state index is 11.4. The molecule has 2 nitrogen and oxygen atoms in total. The van der Waals surface area contributed by atoms with Crippen LogP contribution in [0.2, 0.25) is 0 Å². The van der Waals surface area contributed by atoms with Crippen LogP contribution in [0.4, 0.5) is 0 Å². The molecule has 0 bridgehead atoms. The van der Waals surface area contributed by atoms with Gasteiger partial charge in [-0.25, -0.2) is 0 Å². The number of aliphatic hydroxyl groups is 2. The van der Waals surface area contributed by atoms with Gasteiger partial charge >= 0.3 is 0 Å². The molecule has 31 heavy (non-hydrogen) atoms. The molecule has 0 radical (unpaired) electrons. The molecular formula is C29H48O2. The lowest BCUT2D eigenvalue weighted by Gasteiger charge is -2.58. The van der Waals surface area contributed by atoms with E-state index in [-0.39, 0.29) is 29.0 Å². The SMILES string of the molecule is C=C1[C@@H](O)CC[C@@]2(C)[C@H]1C[C@H](O)C1=C3CC[C@H]([C@H](C)CC[C@@H](C)C(C)C)[C@@]3(C)CC[C@@H]12. The molecule has 0 aromatic carbocycles. The monoisotopic (exact) mass is 428 g/mol. The van der Waals surface area contributed by atoms with Crippen molar-refractivity contribution in [2.24, 2.45) is 46.3 Å². The first kappa shape index (κ1) is 23.6. The lowest BCUT2D eigenvalue weighted by molar-refractivity contribution is -0.0327. The smallest absolute Gasteiger partial charge is 0.0761 e. The molecule has 0 spiro atoms. The second kappa shape index (κ2) is 8.32. The normalized spacial score (nSPS) is 44.7. The lowest BCUT2D eigenvalue weighted by atomic mass is 9.47. The summed E-state index contributed by atoms with van der Waals surface area (Å²) in [6.45, 7) is 18.9. The molecule has 0 aromatic heterocycles. The highest BCUT2D eigenvalue weighted by Gasteiger charge is 2.58. The van der Waals surface area contributed by atoms with E-state index in [2.05, 4.69) is 48.1 Å². The predicted octanol–water partition coefficient (Wildman–Crippen LogP) is 6.92. The lowest BCUT2D eigenvalue weighted by Crippen LogP contribution is -2.52. The molecule has 0 saturated heterocycles. The minimum Gasteiger partial charge on any atom is -0.389 e. The first-order chi connectivity index (χ1) is 14.5. The van der Waals surface area contributed by atoms with Gasteiger partial charge in [0.15, 0.2) is 0 Å². The molecule has 3 fully saturated rings. The van der Waals surface area contributed by atoms with Crippen LogP contribution >= 0.6 is 0 Å². The molecule has 4 rings (SSSR count). The highest BCUT2D eigenvalue weighted by molar-refractivity contribution is 5.39. The van der Waals surface area contributed by atoms with Crippen molar-refractivity contribution in [3.05, 3.63) is 23.3 Å². The number of aliphatic hydroxyl groups excluding tert-OH is 2. The van der Waals surface area contributed by atoms with Gasteiger partial charge in [0.2, 0.25) is 0 Å². The Morgan fingerprint density at radius 1 is 0.935 bits per heavy atom. The fraction of sp³-hybridized carbons (Fsp3) is 0.862. The Morgan fingerprint density at radius 2 is 1.65 bits per heavy atom. The predicted molar refractivity (Wildman–Crippen MR) is 130 cm³/mol. The van der Waals surface area contributed by atoms with Crippen LogP contribution in [0.1, 0.15) is 99.3 Å². The molecule has 2 N–H and O–H groups in total. The molecule has 4 aliphatic rings. The van der Waals surface area contributed by atoms with Gasteiger partial charge < -0.3 is 10.2 Å². The fourth-order valence-electron chi connectivity index (χ4n) is 8.49. The van der Waals surface area contributed by atoms with E-state index >= 15 is 0 Å². The summed E-state index contributed by atoms with van der Waals surface area (Å²) in [5.74, 6) is 3.83. The first-order valence-electron chi connectivity index (χ1n) is 13.3. The Hall–Kier alpha value is -0.600. The maximum atomic E-state index is 11.4. The Balaban J connectivity index is 1.60. The number of hydrogen-bond acceptors (Lipinski definition) is 2. The van der Waals surface area contributed by atoms with Gasteiger partial charge in [-0.1, -0.05) is 66.5 Å². The zero-order valence-electron chi connectivity index (χ0n) is 21.1. The van der Waals surface area contributed by atoms with Gasteiger partial charge in [-0.05, 0) is 102 Å². The third kappa shape index (κ3) is 3.68. The van der Waals surface area contributed by atoms with Gasteiger partial charge in [0.1, 0.15) is 0 Å². The first-order valence-corrected chi connectivity index (χ1v) is 13.3. The van der Waals surface area contributed by atoms with E-state index < -0.39 is 0 Å². The second-order valence-corrected chi connectivity index (χ2v) is 12.8. The molecule has 0 aliphatic heterocycles. The molecule has 0 aromatic rings. The summed E-state index contributed by atoms with van der Waals surface area (Å²) in [5.41, 5.74) is 4.50. The molecular weight excluding hydrogens is 380 g/mol. The summed E-state index contributed by atoms with van der Waals surface area (Å²) in [4.78, 5) is 0. The maximum Gasteiger partial charge on any atom is 0.0761 e. The van der Waals surface area contributed by atoms with Crippen molar-refractivity contribution in [1.82, 2.24) is 0 Å². The van der Waals surface area contributed by atoms with Crippen LogP contribution in [0.5, 0.6) is 0 Å². The van der Waals surface area contributed by atoms with Crippen LogP contribution in [0.15, 0.2) is 23.3 Å². The Labute approximate surface area is 191 Å². The third-order valence-corrected chi connectivity index (χ3v) is 11.0. The van der Waals surface area contributed by atoms with Gasteiger partial charge in [-0.15, -0.1) is 0 Å². The molecule has 0 unspecified atom stereocenters. The van der Waals surface area contributed by atoms with Gasteiger partial charge in [0, 0.05) is 0 Å². The number of allylic oxidation sites excluding steroid dienone is 1. The minimum absolute atomic E-state index is 0.162. The number of hydrogen-bond donors (Lipinski definition) is 2. The van der Waals surface area contributed by atoms with Crippen molar-refractivity contribution < 1.29 is 10.2 Å². The fourth-order valence-corrected chi connectivity index (χ4v) is 8.49. The summed E-state index contributed by atoms with van der Waals surface area (Å²) >= 11 is 0. The van der Waals surface area contributed by atoms with Crippen molar-refractivity contribution in [3.8, 4) is 0 Å². The van der Waals surface area contributed by atoms with E-state index in [4.69, 9.17) is 0 Å². The van der Waals surface area contributed by atoms with E-state index in [1.54, 1.807) is 5.57 Å². The molecule has 3 saturated carbocycles. The minimum atomic E-state index is -0.377. The van der Waals surface area contributed by atoms with E-state index in [0.29, 0.717) is 5.92 Å². The van der Waals surface area contributed by atoms with Crippen molar-refractivity contribution in [1.29, 1.82) is 0 Å². The molecule has 4 aliphatic carbocycles.